The standard InChI is InChI=1S/C14H17ClN2O2S/c1-10-7-12(11(2)17(10)3)9-16-20(18,19)14-6-4-5-13(15)8-14/h4-8,16H,9H2,1-3H3. The van der Waals surface area contributed by atoms with E-state index in [9.17, 15) is 8.42 Å². The summed E-state index contributed by atoms with van der Waals surface area (Å²) in [4.78, 5) is 0.176. The molecule has 1 heterocycles. The number of aromatic nitrogens is 1. The highest BCUT2D eigenvalue weighted by Gasteiger charge is 2.15. The molecular weight excluding hydrogens is 296 g/mol. The Bertz CT molecular complexity index is 736. The molecule has 1 N–H and O–H groups in total. The van der Waals surface area contributed by atoms with E-state index in [1.54, 1.807) is 12.1 Å². The number of aryl methyl sites for hydroxylation is 1. The minimum atomic E-state index is -3.55. The van der Waals surface area contributed by atoms with E-state index in [0.717, 1.165) is 17.0 Å². The lowest BCUT2D eigenvalue weighted by molar-refractivity contribution is 0.581. The molecule has 108 valence electrons. The van der Waals surface area contributed by atoms with E-state index in [1.165, 1.54) is 12.1 Å². The number of rotatable bonds is 4. The Balaban J connectivity index is 2.19. The number of nitrogens with zero attached hydrogens (tertiary/aromatic N) is 1. The van der Waals surface area contributed by atoms with Crippen LogP contribution in [0, 0.1) is 13.8 Å². The van der Waals surface area contributed by atoms with Crippen molar-refractivity contribution in [1.82, 2.24) is 9.29 Å². The maximum absolute atomic E-state index is 12.2. The van der Waals surface area contributed by atoms with E-state index in [-0.39, 0.29) is 11.4 Å². The highest BCUT2D eigenvalue weighted by Crippen LogP contribution is 2.17. The van der Waals surface area contributed by atoms with Crippen molar-refractivity contribution in [2.24, 2.45) is 7.05 Å². The topological polar surface area (TPSA) is 51.1 Å². The smallest absolute Gasteiger partial charge is 0.240 e. The Labute approximate surface area is 124 Å². The van der Waals surface area contributed by atoms with Crippen LogP contribution >= 0.6 is 11.6 Å². The molecule has 0 amide bonds. The first-order chi connectivity index (χ1) is 9.31. The van der Waals surface area contributed by atoms with Gasteiger partial charge in [-0.25, -0.2) is 13.1 Å². The zero-order chi connectivity index (χ0) is 14.9. The Morgan fingerprint density at radius 3 is 2.50 bits per heavy atom. The maximum Gasteiger partial charge on any atom is 0.240 e. The molecule has 6 heteroatoms. The van der Waals surface area contributed by atoms with Crippen molar-refractivity contribution in [1.29, 1.82) is 0 Å². The zero-order valence-corrected chi connectivity index (χ0v) is 13.2. The van der Waals surface area contributed by atoms with Crippen molar-refractivity contribution in [3.8, 4) is 0 Å². The van der Waals surface area contributed by atoms with Gasteiger partial charge in [0, 0.05) is 30.0 Å². The zero-order valence-electron chi connectivity index (χ0n) is 11.6. The molecule has 0 radical (unpaired) electrons. The Kier molecular flexibility index (Phi) is 4.22. The third-order valence-corrected chi connectivity index (χ3v) is 5.07. The van der Waals surface area contributed by atoms with Crippen LogP contribution in [0.25, 0.3) is 0 Å². The monoisotopic (exact) mass is 312 g/mol. The quantitative estimate of drug-likeness (QED) is 0.944. The SMILES string of the molecule is Cc1cc(CNS(=O)(=O)c2cccc(Cl)c2)c(C)n1C. The number of nitrogens with one attached hydrogen (secondary N) is 1. The molecule has 0 unspecified atom stereocenters. The summed E-state index contributed by atoms with van der Waals surface area (Å²) >= 11 is 5.82. The summed E-state index contributed by atoms with van der Waals surface area (Å²) < 4.78 is 29.0. The molecule has 1 aromatic heterocycles. The largest absolute Gasteiger partial charge is 0.352 e. The predicted octanol–water partition coefficient (Wildman–Crippen LogP) is 2.77. The first-order valence-corrected chi connectivity index (χ1v) is 8.04. The van der Waals surface area contributed by atoms with Gasteiger partial charge in [-0.3, -0.25) is 0 Å². The van der Waals surface area contributed by atoms with Gasteiger partial charge in [-0.05, 0) is 43.7 Å². The van der Waals surface area contributed by atoms with Gasteiger partial charge >= 0.3 is 0 Å². The lowest BCUT2D eigenvalue weighted by Crippen LogP contribution is -2.23. The maximum atomic E-state index is 12.2. The van der Waals surface area contributed by atoms with Crippen molar-refractivity contribution < 1.29 is 8.42 Å². The van der Waals surface area contributed by atoms with Crippen molar-refractivity contribution in [3.05, 3.63) is 52.3 Å². The molecule has 1 aromatic carbocycles. The van der Waals surface area contributed by atoms with Crippen LogP contribution in [0.1, 0.15) is 17.0 Å². The molecule has 2 aromatic rings. The number of halogens is 1. The van der Waals surface area contributed by atoms with Gasteiger partial charge in [0.05, 0.1) is 4.90 Å². The number of hydrogen-bond acceptors (Lipinski definition) is 2. The van der Waals surface area contributed by atoms with Crippen molar-refractivity contribution in [3.63, 3.8) is 0 Å². The fraction of sp³-hybridized carbons (Fsp3) is 0.286. The van der Waals surface area contributed by atoms with E-state index in [2.05, 4.69) is 4.72 Å². The second kappa shape index (κ2) is 5.60. The van der Waals surface area contributed by atoms with Gasteiger partial charge < -0.3 is 4.57 Å². The highest BCUT2D eigenvalue weighted by atomic mass is 35.5. The summed E-state index contributed by atoms with van der Waals surface area (Å²) in [5.41, 5.74) is 3.12. The van der Waals surface area contributed by atoms with Crippen LogP contribution in [0.3, 0.4) is 0 Å². The molecule has 0 saturated carbocycles. The van der Waals surface area contributed by atoms with E-state index < -0.39 is 10.0 Å². The molecule has 2 rings (SSSR count). The Morgan fingerprint density at radius 2 is 1.95 bits per heavy atom. The summed E-state index contributed by atoms with van der Waals surface area (Å²) in [6.45, 7) is 4.22. The highest BCUT2D eigenvalue weighted by molar-refractivity contribution is 7.89. The summed E-state index contributed by atoms with van der Waals surface area (Å²) in [6, 6.07) is 8.21. The van der Waals surface area contributed by atoms with Gasteiger partial charge in [0.1, 0.15) is 0 Å². The number of sulfonamides is 1. The molecule has 0 bridgehead atoms. The van der Waals surface area contributed by atoms with Gasteiger partial charge in [0.15, 0.2) is 0 Å². The molecule has 0 spiro atoms. The molecule has 0 saturated heterocycles. The summed E-state index contributed by atoms with van der Waals surface area (Å²) in [6.07, 6.45) is 0. The molecule has 0 aliphatic carbocycles. The first kappa shape index (κ1) is 15.1. The van der Waals surface area contributed by atoms with Crippen LogP contribution in [0.5, 0.6) is 0 Å². The fourth-order valence-corrected chi connectivity index (χ4v) is 3.31. The third-order valence-electron chi connectivity index (χ3n) is 3.44. The molecule has 0 atom stereocenters. The molecule has 4 nitrogen and oxygen atoms in total. The summed E-state index contributed by atoms with van der Waals surface area (Å²) in [5, 5.41) is 0.402. The van der Waals surface area contributed by atoms with E-state index in [4.69, 9.17) is 11.6 Å². The van der Waals surface area contributed by atoms with E-state index in [1.807, 2.05) is 31.5 Å². The van der Waals surface area contributed by atoms with Crippen molar-refractivity contribution in [2.75, 3.05) is 0 Å². The van der Waals surface area contributed by atoms with Gasteiger partial charge in [-0.2, -0.15) is 0 Å². The van der Waals surface area contributed by atoms with Gasteiger partial charge in [0.25, 0.3) is 0 Å². The van der Waals surface area contributed by atoms with Gasteiger partial charge in [-0.15, -0.1) is 0 Å². The minimum Gasteiger partial charge on any atom is -0.352 e. The second-order valence-electron chi connectivity index (χ2n) is 4.74. The molecule has 20 heavy (non-hydrogen) atoms. The van der Waals surface area contributed by atoms with Gasteiger partial charge in [-0.1, -0.05) is 17.7 Å². The average molecular weight is 313 g/mol. The predicted molar refractivity (Wildman–Crippen MR) is 80.4 cm³/mol. The Hall–Kier alpha value is -1.30. The van der Waals surface area contributed by atoms with Crippen LogP contribution in [0.15, 0.2) is 35.2 Å². The van der Waals surface area contributed by atoms with Crippen LogP contribution < -0.4 is 4.72 Å². The average Bonchev–Trinajstić information content (AvgIpc) is 2.64. The fourth-order valence-electron chi connectivity index (χ4n) is 2.00. The lowest BCUT2D eigenvalue weighted by Gasteiger charge is -2.07. The molecule has 0 fully saturated rings. The summed E-state index contributed by atoms with van der Waals surface area (Å²) in [5.74, 6) is 0. The van der Waals surface area contributed by atoms with Crippen LogP contribution in [0.2, 0.25) is 5.02 Å². The first-order valence-electron chi connectivity index (χ1n) is 6.18. The second-order valence-corrected chi connectivity index (χ2v) is 6.94. The summed E-state index contributed by atoms with van der Waals surface area (Å²) in [7, 11) is -1.59. The van der Waals surface area contributed by atoms with Crippen LogP contribution in [0.4, 0.5) is 0 Å². The van der Waals surface area contributed by atoms with Crippen molar-refractivity contribution in [2.45, 2.75) is 25.3 Å². The lowest BCUT2D eigenvalue weighted by atomic mass is 10.2. The minimum absolute atomic E-state index is 0.176. The van der Waals surface area contributed by atoms with Crippen LogP contribution in [-0.4, -0.2) is 13.0 Å². The van der Waals surface area contributed by atoms with Gasteiger partial charge in [0.2, 0.25) is 10.0 Å². The molecule has 0 aliphatic heterocycles. The number of hydrogen-bond donors (Lipinski definition) is 1. The molecular formula is C14H17ClN2O2S. The normalized spacial score (nSPS) is 11.8. The van der Waals surface area contributed by atoms with E-state index >= 15 is 0 Å². The number of benzene rings is 1. The third kappa shape index (κ3) is 3.06. The van der Waals surface area contributed by atoms with Crippen molar-refractivity contribution >= 4 is 21.6 Å². The molecule has 0 aliphatic rings. The van der Waals surface area contributed by atoms with E-state index in [0.29, 0.717) is 5.02 Å². The Morgan fingerprint density at radius 1 is 1.25 bits per heavy atom. The van der Waals surface area contributed by atoms with Crippen LogP contribution in [-0.2, 0) is 23.6 Å².